The highest BCUT2D eigenvalue weighted by molar-refractivity contribution is 6.19. The van der Waals surface area contributed by atoms with Crippen molar-refractivity contribution in [2.75, 3.05) is 11.4 Å². The molecular formula is C25H25N3O6. The minimum atomic E-state index is -1.12. The summed E-state index contributed by atoms with van der Waals surface area (Å²) >= 11 is 0. The van der Waals surface area contributed by atoms with Gasteiger partial charge in [-0.25, -0.2) is 0 Å². The number of furan rings is 1. The van der Waals surface area contributed by atoms with Gasteiger partial charge in [-0.2, -0.15) is 0 Å². The Morgan fingerprint density at radius 2 is 1.85 bits per heavy atom. The van der Waals surface area contributed by atoms with Gasteiger partial charge in [-0.05, 0) is 42.0 Å². The van der Waals surface area contributed by atoms with Crippen LogP contribution in [0.2, 0.25) is 0 Å². The maximum absolute atomic E-state index is 13.0. The topological polar surface area (TPSA) is 144 Å². The third kappa shape index (κ3) is 5.05. The molecule has 0 fully saturated rings. The first-order valence-electron chi connectivity index (χ1n) is 10.8. The number of nitrogens with zero attached hydrogens (tertiary/aromatic N) is 2. The number of nitro benzene ring substituents is 1. The van der Waals surface area contributed by atoms with Gasteiger partial charge in [0.2, 0.25) is 11.7 Å². The van der Waals surface area contributed by atoms with Gasteiger partial charge in [-0.1, -0.05) is 43.7 Å². The van der Waals surface area contributed by atoms with E-state index in [9.17, 15) is 24.8 Å². The molecule has 3 aromatic rings. The molecule has 1 aliphatic heterocycles. The molecule has 0 aliphatic carbocycles. The number of carbonyl (C=O) groups is 2. The molecule has 0 bridgehead atoms. The van der Waals surface area contributed by atoms with E-state index in [-0.39, 0.29) is 22.6 Å². The molecule has 1 atom stereocenters. The number of hydrogen-bond acceptors (Lipinski definition) is 6. The molecule has 1 aromatic heterocycles. The van der Waals surface area contributed by atoms with Gasteiger partial charge in [0, 0.05) is 23.4 Å². The summed E-state index contributed by atoms with van der Waals surface area (Å²) < 4.78 is 5.12. The Bertz CT molecular complexity index is 1190. The second-order valence-corrected chi connectivity index (χ2v) is 7.52. The van der Waals surface area contributed by atoms with Crippen molar-refractivity contribution in [3.8, 4) is 0 Å². The van der Waals surface area contributed by atoms with Crippen LogP contribution in [0.3, 0.4) is 0 Å². The highest BCUT2D eigenvalue weighted by atomic mass is 16.6. The molecule has 1 amide bonds. The second-order valence-electron chi connectivity index (χ2n) is 7.52. The molecule has 3 N–H and O–H groups in total. The number of quaternary nitrogens is 1. The number of benzene rings is 2. The number of non-ortho nitro benzene ring substituents is 1. The molecule has 2 heterocycles. The fraction of sp³-hybridized carbons (Fsp3) is 0.200. The van der Waals surface area contributed by atoms with Crippen molar-refractivity contribution in [3.63, 3.8) is 0 Å². The Morgan fingerprint density at radius 1 is 1.12 bits per heavy atom. The van der Waals surface area contributed by atoms with Gasteiger partial charge in [0.1, 0.15) is 0 Å². The van der Waals surface area contributed by atoms with Crippen LogP contribution in [0.5, 0.6) is 0 Å². The van der Waals surface area contributed by atoms with Gasteiger partial charge >= 0.3 is 0 Å². The lowest BCUT2D eigenvalue weighted by molar-refractivity contribution is -0.384. The standard InChI is InChI=1S/C21H14N2O6.C4H11N/c24-19(16-10-5-11-29-16)17-18(13-6-4-9-15(12-13)23(27)28)22(21(26)20(17)25)14-7-2-1-3-8-14;1-2-3-4-5/h1-12,18,25H;2-5H2,1H3. The van der Waals surface area contributed by atoms with Gasteiger partial charge < -0.3 is 15.3 Å². The van der Waals surface area contributed by atoms with Crippen LogP contribution in [0.15, 0.2) is 88.7 Å². The molecule has 0 saturated carbocycles. The number of Topliss-reactive ketones (excluding diaryl/α,β-unsaturated/α-hetero) is 1. The van der Waals surface area contributed by atoms with E-state index in [2.05, 4.69) is 12.7 Å². The fourth-order valence-corrected chi connectivity index (χ4v) is 3.59. The van der Waals surface area contributed by atoms with Crippen LogP contribution >= 0.6 is 0 Å². The molecule has 2 aromatic carbocycles. The second kappa shape index (κ2) is 11.1. The average Bonchev–Trinajstić information content (AvgIpc) is 3.48. The average molecular weight is 463 g/mol. The van der Waals surface area contributed by atoms with Crippen LogP contribution in [0.25, 0.3) is 0 Å². The highest BCUT2D eigenvalue weighted by Crippen LogP contribution is 2.41. The molecule has 1 aliphatic rings. The maximum atomic E-state index is 13.0. The molecule has 1 unspecified atom stereocenters. The first-order chi connectivity index (χ1) is 16.4. The number of unbranched alkanes of at least 4 members (excludes halogenated alkanes) is 1. The maximum Gasteiger partial charge on any atom is 0.269 e. The first-order valence-corrected chi connectivity index (χ1v) is 10.8. The summed E-state index contributed by atoms with van der Waals surface area (Å²) in [6, 6.07) is 15.6. The van der Waals surface area contributed by atoms with Crippen molar-refractivity contribution in [2.45, 2.75) is 25.8 Å². The molecule has 9 heteroatoms. The van der Waals surface area contributed by atoms with Crippen LogP contribution in [-0.4, -0.2) is 23.2 Å². The van der Waals surface area contributed by atoms with Gasteiger partial charge in [0.25, 0.3) is 5.69 Å². The zero-order valence-corrected chi connectivity index (χ0v) is 18.7. The number of carbonyl (C=O) groups excluding carboxylic acids is 2. The number of ketones is 1. The monoisotopic (exact) mass is 463 g/mol. The van der Waals surface area contributed by atoms with Crippen LogP contribution in [0, 0.1) is 10.1 Å². The van der Waals surface area contributed by atoms with Crippen LogP contribution < -0.4 is 15.7 Å². The van der Waals surface area contributed by atoms with Crippen LogP contribution in [-0.2, 0) is 4.79 Å². The Balaban J connectivity index is 0.000000588. The largest absolute Gasteiger partial charge is 0.868 e. The van der Waals surface area contributed by atoms with Crippen molar-refractivity contribution in [1.29, 1.82) is 0 Å². The van der Waals surface area contributed by atoms with Crippen molar-refractivity contribution < 1.29 is 29.8 Å². The number of nitro groups is 1. The summed E-state index contributed by atoms with van der Waals surface area (Å²) in [6.45, 7) is 3.27. The van der Waals surface area contributed by atoms with E-state index in [1.165, 1.54) is 60.4 Å². The van der Waals surface area contributed by atoms with Gasteiger partial charge in [-0.15, -0.1) is 0 Å². The third-order valence-corrected chi connectivity index (χ3v) is 5.21. The Kier molecular flexibility index (Phi) is 7.94. The molecule has 9 nitrogen and oxygen atoms in total. The van der Waals surface area contributed by atoms with Crippen molar-refractivity contribution in [1.82, 2.24) is 0 Å². The van der Waals surface area contributed by atoms with Crippen molar-refractivity contribution in [2.24, 2.45) is 0 Å². The van der Waals surface area contributed by atoms with E-state index in [1.807, 2.05) is 0 Å². The summed E-state index contributed by atoms with van der Waals surface area (Å²) in [5, 5.41) is 24.0. The molecule has 0 radical (unpaired) electrons. The van der Waals surface area contributed by atoms with E-state index < -0.39 is 28.4 Å². The SMILES string of the molecule is CCCC[NH3+].O=C(C1=C([O-])C(=O)N(c2ccccc2)C1c1cccc([N+](=O)[O-])c1)c1ccco1. The fourth-order valence-electron chi connectivity index (χ4n) is 3.59. The number of anilines is 1. The number of rotatable bonds is 7. The summed E-state index contributed by atoms with van der Waals surface area (Å²) in [7, 11) is 0. The lowest BCUT2D eigenvalue weighted by Crippen LogP contribution is -2.49. The number of para-hydroxylation sites is 1. The molecule has 4 rings (SSSR count). The van der Waals surface area contributed by atoms with E-state index in [1.54, 1.807) is 30.3 Å². The molecular weight excluding hydrogens is 438 g/mol. The smallest absolute Gasteiger partial charge is 0.269 e. The zero-order valence-electron chi connectivity index (χ0n) is 18.7. The van der Waals surface area contributed by atoms with Crippen molar-refractivity contribution >= 4 is 23.1 Å². The molecule has 0 saturated heterocycles. The lowest BCUT2D eigenvalue weighted by atomic mass is 9.94. The van der Waals surface area contributed by atoms with Gasteiger partial charge in [0.05, 0.1) is 23.8 Å². The predicted octanol–water partition coefficient (Wildman–Crippen LogP) is 2.80. The number of hydrogen-bond donors (Lipinski definition) is 1. The summed E-state index contributed by atoms with van der Waals surface area (Å²) in [6.07, 6.45) is 3.84. The minimum Gasteiger partial charge on any atom is -0.868 e. The number of amides is 1. The van der Waals surface area contributed by atoms with Gasteiger partial charge in [-0.3, -0.25) is 24.6 Å². The Hall–Kier alpha value is -4.24. The molecule has 0 spiro atoms. The van der Waals surface area contributed by atoms with E-state index in [4.69, 9.17) is 4.42 Å². The van der Waals surface area contributed by atoms with Crippen LogP contribution in [0.4, 0.5) is 11.4 Å². The lowest BCUT2D eigenvalue weighted by Gasteiger charge is -2.27. The van der Waals surface area contributed by atoms with E-state index in [0.717, 1.165) is 6.54 Å². The van der Waals surface area contributed by atoms with E-state index in [0.29, 0.717) is 5.69 Å². The quantitative estimate of drug-likeness (QED) is 0.324. The summed E-state index contributed by atoms with van der Waals surface area (Å²) in [5.74, 6) is -2.68. The summed E-state index contributed by atoms with van der Waals surface area (Å²) in [5.41, 5.74) is 3.82. The minimum absolute atomic E-state index is 0.0912. The normalized spacial score (nSPS) is 15.2. The Labute approximate surface area is 196 Å². The predicted molar refractivity (Wildman–Crippen MR) is 122 cm³/mol. The first kappa shape index (κ1) is 24.4. The third-order valence-electron chi connectivity index (χ3n) is 5.21. The molecule has 34 heavy (non-hydrogen) atoms. The van der Waals surface area contributed by atoms with Gasteiger partial charge in [0.15, 0.2) is 5.76 Å². The van der Waals surface area contributed by atoms with Crippen molar-refractivity contribution in [3.05, 3.63) is 106 Å². The van der Waals surface area contributed by atoms with E-state index >= 15 is 0 Å². The zero-order chi connectivity index (χ0) is 24.7. The molecule has 176 valence electrons. The summed E-state index contributed by atoms with van der Waals surface area (Å²) in [4.78, 5) is 37.6. The van der Waals surface area contributed by atoms with Crippen LogP contribution in [0.1, 0.15) is 41.9 Å². The highest BCUT2D eigenvalue weighted by Gasteiger charge is 2.41. The Morgan fingerprint density at radius 3 is 2.41 bits per heavy atom.